The Balaban J connectivity index is 0.00000240. The third kappa shape index (κ3) is 8.00. The van der Waals surface area contributed by atoms with E-state index in [-0.39, 0.29) is 40.8 Å². The van der Waals surface area contributed by atoms with Gasteiger partial charge in [-0.25, -0.2) is 9.97 Å². The van der Waals surface area contributed by atoms with Crippen LogP contribution in [-0.4, -0.2) is 24.5 Å². The molecular weight excluding hydrogens is 843 g/mol. The fourth-order valence-electron chi connectivity index (χ4n) is 6.01. The van der Waals surface area contributed by atoms with Gasteiger partial charge in [0.2, 0.25) is 5.95 Å². The topological polar surface area (TPSA) is 75.0 Å². The Bertz CT molecular complexity index is 2360. The van der Waals surface area contributed by atoms with Crippen LogP contribution in [0.25, 0.3) is 50.3 Å². The summed E-state index contributed by atoms with van der Waals surface area (Å²) in [7, 11) is 0. The van der Waals surface area contributed by atoms with E-state index in [1.54, 1.807) is 18.5 Å². The normalized spacial score (nSPS) is 11.1. The van der Waals surface area contributed by atoms with Crippen LogP contribution >= 0.6 is 0 Å². The molecule has 0 saturated carbocycles. The predicted molar refractivity (Wildman–Crippen MR) is 199 cm³/mol. The molecule has 0 aliphatic rings. The van der Waals surface area contributed by atoms with Gasteiger partial charge in [-0.15, -0.1) is 71.8 Å². The number of benzene rings is 4. The zero-order chi connectivity index (χ0) is 34.9. The Morgan fingerprint density at radius 3 is 1.40 bits per heavy atom. The minimum atomic E-state index is 0. The molecule has 8 aromatic rings. The molecule has 0 unspecified atom stereocenters. The Morgan fingerprint density at radius 2 is 0.943 bits per heavy atom. The molecule has 4 aromatic carbocycles. The molecule has 266 valence electrons. The predicted octanol–water partition coefficient (Wildman–Crippen LogP) is 10.7. The van der Waals surface area contributed by atoms with Crippen molar-refractivity contribution in [3.05, 3.63) is 151 Å². The second-order valence-corrected chi connectivity index (χ2v) is 12.9. The Morgan fingerprint density at radius 1 is 0.491 bits per heavy atom. The molecular formula is C44H33N5O2Pd2. The third-order valence-corrected chi connectivity index (χ3v) is 8.72. The van der Waals surface area contributed by atoms with E-state index in [9.17, 15) is 0 Å². The fourth-order valence-corrected chi connectivity index (χ4v) is 6.01. The number of pyridine rings is 2. The van der Waals surface area contributed by atoms with Crippen LogP contribution in [0.3, 0.4) is 0 Å². The molecule has 9 heteroatoms. The maximum atomic E-state index is 6.35. The van der Waals surface area contributed by atoms with Gasteiger partial charge in [0.1, 0.15) is 0 Å². The summed E-state index contributed by atoms with van der Waals surface area (Å²) in [6, 6.07) is 43.3. The van der Waals surface area contributed by atoms with E-state index in [1.807, 2.05) is 89.8 Å². The van der Waals surface area contributed by atoms with Crippen molar-refractivity contribution in [1.29, 1.82) is 0 Å². The van der Waals surface area contributed by atoms with Gasteiger partial charge in [-0.2, -0.15) is 22.9 Å². The first-order valence-electron chi connectivity index (χ1n) is 16.9. The van der Waals surface area contributed by atoms with E-state index in [0.29, 0.717) is 40.8 Å². The molecule has 0 bridgehead atoms. The van der Waals surface area contributed by atoms with Crippen LogP contribution in [0.5, 0.6) is 23.0 Å². The molecule has 4 heterocycles. The number of ether oxygens (including phenoxy) is 2. The number of hydrogen-bond acceptors (Lipinski definition) is 6. The molecule has 0 spiro atoms. The zero-order valence-corrected chi connectivity index (χ0v) is 32.4. The van der Waals surface area contributed by atoms with Crippen molar-refractivity contribution in [2.45, 2.75) is 39.5 Å². The maximum absolute atomic E-state index is 6.35. The molecule has 0 N–H and O–H groups in total. The van der Waals surface area contributed by atoms with Crippen molar-refractivity contribution in [3.8, 4) is 51.5 Å². The summed E-state index contributed by atoms with van der Waals surface area (Å²) in [4.78, 5) is 18.3. The number of nitrogens with zero attached hydrogens (tertiary/aromatic N) is 5. The van der Waals surface area contributed by atoms with Crippen LogP contribution in [0, 0.1) is 24.3 Å². The smallest absolute Gasteiger partial charge is 0.503 e. The first-order chi connectivity index (χ1) is 24.9. The van der Waals surface area contributed by atoms with Gasteiger partial charge in [-0.1, -0.05) is 74.1 Å². The molecule has 4 aromatic heterocycles. The molecule has 0 amide bonds. The molecule has 7 nitrogen and oxygen atoms in total. The molecule has 0 radical (unpaired) electrons. The van der Waals surface area contributed by atoms with Crippen molar-refractivity contribution in [3.63, 3.8) is 0 Å². The van der Waals surface area contributed by atoms with Crippen molar-refractivity contribution in [2.75, 3.05) is 0 Å². The molecule has 8 rings (SSSR count). The quantitative estimate of drug-likeness (QED) is 0.106. The van der Waals surface area contributed by atoms with Crippen LogP contribution in [-0.2, 0) is 40.8 Å². The van der Waals surface area contributed by atoms with Gasteiger partial charge in [0.15, 0.2) is 0 Å². The van der Waals surface area contributed by atoms with Gasteiger partial charge < -0.3 is 24.0 Å². The fraction of sp³-hybridized carbons (Fsp3) is 0.136. The van der Waals surface area contributed by atoms with E-state index >= 15 is 0 Å². The van der Waals surface area contributed by atoms with Gasteiger partial charge in [0, 0.05) is 47.8 Å². The second kappa shape index (κ2) is 16.3. The van der Waals surface area contributed by atoms with Crippen LogP contribution in [0.1, 0.15) is 50.7 Å². The number of aromatic nitrogens is 5. The van der Waals surface area contributed by atoms with E-state index in [2.05, 4.69) is 84.0 Å². The molecule has 0 saturated heterocycles. The Hall–Kier alpha value is -5.02. The van der Waals surface area contributed by atoms with E-state index in [1.165, 1.54) is 11.1 Å². The standard InChI is InChI=1S/C44H33N5O2.2Pd/c1-28(2)30-16-20-45-40(24-30)32-8-5-10-34(22-32)50-36-12-14-38-39-15-13-37(27-43(39)49(42(38)26-36)44-47-18-7-19-48-44)51-35-11-6-9-33(23-35)41-25-31(29(3)4)17-21-46-41;;/h5-21,24-25,28-29H,1-4H3;;/q-4;2*+2. The second-order valence-electron chi connectivity index (χ2n) is 12.9. The van der Waals surface area contributed by atoms with Crippen LogP contribution < -0.4 is 9.47 Å². The average Bonchev–Trinajstić information content (AvgIpc) is 3.48. The molecule has 0 fully saturated rings. The van der Waals surface area contributed by atoms with Crippen LogP contribution in [0.2, 0.25) is 0 Å². The molecule has 0 atom stereocenters. The summed E-state index contributed by atoms with van der Waals surface area (Å²) < 4.78 is 14.6. The van der Waals surface area contributed by atoms with Crippen molar-refractivity contribution >= 4 is 21.8 Å². The number of hydrogen-bond donors (Lipinski definition) is 0. The number of fused-ring (bicyclic) bond motifs is 3. The van der Waals surface area contributed by atoms with Crippen LogP contribution in [0.15, 0.2) is 116 Å². The summed E-state index contributed by atoms with van der Waals surface area (Å²) in [6.07, 6.45) is 7.11. The van der Waals surface area contributed by atoms with Crippen LogP contribution in [0.4, 0.5) is 0 Å². The minimum Gasteiger partial charge on any atom is -0.503 e. The molecule has 0 aliphatic heterocycles. The third-order valence-electron chi connectivity index (χ3n) is 8.72. The molecule has 53 heavy (non-hydrogen) atoms. The van der Waals surface area contributed by atoms with Gasteiger partial charge in [0.25, 0.3) is 0 Å². The maximum Gasteiger partial charge on any atom is 2.00 e. The molecule has 0 aliphatic carbocycles. The summed E-state index contributed by atoms with van der Waals surface area (Å²) in [6.45, 7) is 8.68. The van der Waals surface area contributed by atoms with E-state index < -0.39 is 0 Å². The van der Waals surface area contributed by atoms with Gasteiger partial charge in [0.05, 0.1) is 0 Å². The minimum absolute atomic E-state index is 0. The van der Waals surface area contributed by atoms with Crippen molar-refractivity contribution < 1.29 is 50.3 Å². The Kier molecular flexibility index (Phi) is 11.6. The van der Waals surface area contributed by atoms with Gasteiger partial charge in [-0.3, -0.25) is 0 Å². The number of rotatable bonds is 9. The Labute approximate surface area is 336 Å². The monoisotopic (exact) mass is 875 g/mol. The first kappa shape index (κ1) is 37.7. The SMILES string of the molecule is CC(C)c1ccnc(-c2[c-]c(Oc3[c-]c4c(cc3)c3ccc(Oc5[c-]c(-c6cc(C(C)C)ccn6)ccc5)[c-]c3n4-c3ncccn3)ccc2)c1.[Pd+2].[Pd+2]. The summed E-state index contributed by atoms with van der Waals surface area (Å²) in [5.41, 5.74) is 7.33. The van der Waals surface area contributed by atoms with E-state index in [0.717, 1.165) is 44.3 Å². The summed E-state index contributed by atoms with van der Waals surface area (Å²) >= 11 is 0. The van der Waals surface area contributed by atoms with E-state index in [4.69, 9.17) is 9.47 Å². The van der Waals surface area contributed by atoms with Crippen molar-refractivity contribution in [1.82, 2.24) is 24.5 Å². The largest absolute Gasteiger partial charge is 2.00 e. The first-order valence-corrected chi connectivity index (χ1v) is 16.9. The van der Waals surface area contributed by atoms with Crippen molar-refractivity contribution in [2.24, 2.45) is 0 Å². The van der Waals surface area contributed by atoms with Gasteiger partial charge >= 0.3 is 40.8 Å². The summed E-state index contributed by atoms with van der Waals surface area (Å²) in [5.74, 6) is 3.44. The van der Waals surface area contributed by atoms with Gasteiger partial charge in [-0.05, 0) is 41.4 Å². The average molecular weight is 877 g/mol. The zero-order valence-electron chi connectivity index (χ0n) is 29.3. The summed E-state index contributed by atoms with van der Waals surface area (Å²) in [5, 5.41) is 1.90.